The maximum Gasteiger partial charge on any atom is 0.0681 e. The Kier molecular flexibility index (Phi) is 1.54. The van der Waals surface area contributed by atoms with Gasteiger partial charge in [-0.25, -0.2) is 0 Å². The summed E-state index contributed by atoms with van der Waals surface area (Å²) in [5.41, 5.74) is 2.27. The van der Waals surface area contributed by atoms with E-state index in [0.717, 1.165) is 5.69 Å². The first-order valence-corrected chi connectivity index (χ1v) is 3.96. The molecule has 60 valence electrons. The van der Waals surface area contributed by atoms with Gasteiger partial charge in [-0.3, -0.25) is 0 Å². The Hall–Kier alpha value is -1.44. The average molecular weight is 158 g/mol. The fraction of sp³-hybridized carbons (Fsp3) is 0.200. The molecule has 0 bridgehead atoms. The molecule has 0 aliphatic carbocycles. The molecule has 2 aromatic rings. The average Bonchev–Trinajstić information content (AvgIpc) is 2.04. The lowest BCUT2D eigenvalue weighted by Gasteiger charge is -2.02. The summed E-state index contributed by atoms with van der Waals surface area (Å²) >= 11 is 0. The Bertz CT molecular complexity index is 384. The minimum absolute atomic E-state index is 1.01. The van der Waals surface area contributed by atoms with Crippen LogP contribution in [0, 0.1) is 13.8 Å². The van der Waals surface area contributed by atoms with E-state index in [9.17, 15) is 0 Å². The smallest absolute Gasteiger partial charge is 0.0681 e. The van der Waals surface area contributed by atoms with Crippen LogP contribution < -0.4 is 0 Å². The number of aromatic nitrogens is 2. The molecule has 0 saturated carbocycles. The van der Waals surface area contributed by atoms with E-state index in [0.29, 0.717) is 0 Å². The van der Waals surface area contributed by atoms with Crippen molar-refractivity contribution in [1.82, 2.24) is 10.2 Å². The predicted octanol–water partition coefficient (Wildman–Crippen LogP) is 2.25. The van der Waals surface area contributed by atoms with Crippen LogP contribution in [0.4, 0.5) is 0 Å². The number of nitrogens with zero attached hydrogens (tertiary/aromatic N) is 2. The van der Waals surface area contributed by atoms with Crippen LogP contribution in [0.1, 0.15) is 11.3 Å². The lowest BCUT2D eigenvalue weighted by Crippen LogP contribution is -1.89. The summed E-state index contributed by atoms with van der Waals surface area (Å²) in [7, 11) is 0. The topological polar surface area (TPSA) is 25.8 Å². The minimum Gasteiger partial charge on any atom is -0.158 e. The number of fused-ring (bicyclic) bond motifs is 1. The maximum absolute atomic E-state index is 4.02. The van der Waals surface area contributed by atoms with Gasteiger partial charge in [-0.15, -0.1) is 0 Å². The molecule has 0 aliphatic heterocycles. The van der Waals surface area contributed by atoms with Crippen LogP contribution in [0.2, 0.25) is 0 Å². The zero-order valence-corrected chi connectivity index (χ0v) is 7.20. The SMILES string of the molecule is Cc1cccc2cnnc(C)c12. The van der Waals surface area contributed by atoms with Crippen LogP contribution in [0.15, 0.2) is 24.4 Å². The quantitative estimate of drug-likeness (QED) is 0.587. The molecular weight excluding hydrogens is 148 g/mol. The van der Waals surface area contributed by atoms with Crippen molar-refractivity contribution >= 4 is 10.8 Å². The maximum atomic E-state index is 4.02. The molecule has 0 unspecified atom stereocenters. The highest BCUT2D eigenvalue weighted by Gasteiger charge is 1.99. The van der Waals surface area contributed by atoms with Crippen molar-refractivity contribution < 1.29 is 0 Å². The van der Waals surface area contributed by atoms with Gasteiger partial charge in [-0.2, -0.15) is 10.2 Å². The predicted molar refractivity (Wildman–Crippen MR) is 49.0 cm³/mol. The first-order chi connectivity index (χ1) is 5.79. The second kappa shape index (κ2) is 2.55. The van der Waals surface area contributed by atoms with Crippen LogP contribution in [-0.4, -0.2) is 10.2 Å². The van der Waals surface area contributed by atoms with Gasteiger partial charge in [0.25, 0.3) is 0 Å². The molecule has 0 aliphatic rings. The molecule has 0 saturated heterocycles. The fourth-order valence-electron chi connectivity index (χ4n) is 1.52. The number of hydrogen-bond donors (Lipinski definition) is 0. The van der Waals surface area contributed by atoms with Gasteiger partial charge in [0.15, 0.2) is 0 Å². The molecule has 2 nitrogen and oxygen atoms in total. The molecule has 0 spiro atoms. The second-order valence-corrected chi connectivity index (χ2v) is 2.97. The summed E-state index contributed by atoms with van der Waals surface area (Å²) < 4.78 is 0. The van der Waals surface area contributed by atoms with E-state index in [-0.39, 0.29) is 0 Å². The summed E-state index contributed by atoms with van der Waals surface area (Å²) in [4.78, 5) is 0. The molecule has 0 fully saturated rings. The van der Waals surface area contributed by atoms with Crippen molar-refractivity contribution in [2.24, 2.45) is 0 Å². The van der Waals surface area contributed by atoms with Crippen molar-refractivity contribution in [2.45, 2.75) is 13.8 Å². The Morgan fingerprint density at radius 1 is 1.17 bits per heavy atom. The van der Waals surface area contributed by atoms with Gasteiger partial charge < -0.3 is 0 Å². The monoisotopic (exact) mass is 158 g/mol. The Labute approximate surface area is 71.3 Å². The number of benzene rings is 1. The largest absolute Gasteiger partial charge is 0.158 e. The molecule has 12 heavy (non-hydrogen) atoms. The summed E-state index contributed by atoms with van der Waals surface area (Å²) in [5, 5.41) is 10.3. The summed E-state index contributed by atoms with van der Waals surface area (Å²) in [6, 6.07) is 6.19. The summed E-state index contributed by atoms with van der Waals surface area (Å²) in [6.45, 7) is 4.08. The van der Waals surface area contributed by atoms with Crippen molar-refractivity contribution in [3.63, 3.8) is 0 Å². The van der Waals surface area contributed by atoms with Crippen molar-refractivity contribution in [3.05, 3.63) is 35.7 Å². The van der Waals surface area contributed by atoms with E-state index in [1.807, 2.05) is 13.0 Å². The van der Waals surface area contributed by atoms with E-state index in [1.54, 1.807) is 6.20 Å². The van der Waals surface area contributed by atoms with Crippen LogP contribution >= 0.6 is 0 Å². The molecular formula is C10H10N2. The van der Waals surface area contributed by atoms with Crippen LogP contribution in [0.3, 0.4) is 0 Å². The van der Waals surface area contributed by atoms with Gasteiger partial charge in [0.1, 0.15) is 0 Å². The molecule has 0 amide bonds. The normalized spacial score (nSPS) is 10.5. The van der Waals surface area contributed by atoms with Gasteiger partial charge in [0.2, 0.25) is 0 Å². The van der Waals surface area contributed by atoms with Crippen molar-refractivity contribution in [1.29, 1.82) is 0 Å². The van der Waals surface area contributed by atoms with Crippen molar-refractivity contribution in [2.75, 3.05) is 0 Å². The second-order valence-electron chi connectivity index (χ2n) is 2.97. The van der Waals surface area contributed by atoms with Gasteiger partial charge in [0, 0.05) is 10.8 Å². The van der Waals surface area contributed by atoms with E-state index in [1.165, 1.54) is 16.3 Å². The van der Waals surface area contributed by atoms with E-state index >= 15 is 0 Å². The molecule has 0 radical (unpaired) electrons. The Balaban J connectivity index is 2.96. The highest BCUT2D eigenvalue weighted by Crippen LogP contribution is 2.18. The standard InChI is InChI=1S/C10H10N2/c1-7-4-3-5-9-6-11-12-8(2)10(7)9/h3-6H,1-2H3. The zero-order valence-electron chi connectivity index (χ0n) is 7.20. The van der Waals surface area contributed by atoms with Gasteiger partial charge >= 0.3 is 0 Å². The van der Waals surface area contributed by atoms with Gasteiger partial charge in [-0.05, 0) is 19.4 Å². The first kappa shape index (κ1) is 7.22. The third-order valence-electron chi connectivity index (χ3n) is 2.07. The van der Waals surface area contributed by atoms with E-state index < -0.39 is 0 Å². The fourth-order valence-corrected chi connectivity index (χ4v) is 1.52. The van der Waals surface area contributed by atoms with Crippen molar-refractivity contribution in [3.8, 4) is 0 Å². The van der Waals surface area contributed by atoms with Gasteiger partial charge in [0.05, 0.1) is 11.9 Å². The zero-order chi connectivity index (χ0) is 8.55. The van der Waals surface area contributed by atoms with Crippen LogP contribution in [0.25, 0.3) is 10.8 Å². The lowest BCUT2D eigenvalue weighted by atomic mass is 10.1. The summed E-state index contributed by atoms with van der Waals surface area (Å²) in [5.74, 6) is 0. The lowest BCUT2D eigenvalue weighted by molar-refractivity contribution is 1.00. The first-order valence-electron chi connectivity index (χ1n) is 3.96. The van der Waals surface area contributed by atoms with E-state index in [4.69, 9.17) is 0 Å². The highest BCUT2D eigenvalue weighted by molar-refractivity contribution is 5.86. The van der Waals surface area contributed by atoms with E-state index in [2.05, 4.69) is 29.3 Å². The number of hydrogen-bond acceptors (Lipinski definition) is 2. The highest BCUT2D eigenvalue weighted by atomic mass is 15.1. The van der Waals surface area contributed by atoms with Gasteiger partial charge in [-0.1, -0.05) is 18.2 Å². The molecule has 1 aromatic heterocycles. The van der Waals surface area contributed by atoms with Crippen LogP contribution in [-0.2, 0) is 0 Å². The molecule has 2 rings (SSSR count). The number of aryl methyl sites for hydroxylation is 2. The Morgan fingerprint density at radius 3 is 2.75 bits per heavy atom. The third kappa shape index (κ3) is 0.961. The molecule has 0 N–H and O–H groups in total. The Morgan fingerprint density at radius 2 is 2.00 bits per heavy atom. The minimum atomic E-state index is 1.01. The molecule has 1 heterocycles. The molecule has 2 heteroatoms. The molecule has 0 atom stereocenters. The summed E-state index contributed by atoms with van der Waals surface area (Å²) in [6.07, 6.45) is 1.80. The third-order valence-corrected chi connectivity index (χ3v) is 2.07. The number of rotatable bonds is 0. The molecule has 1 aromatic carbocycles. The van der Waals surface area contributed by atoms with Crippen LogP contribution in [0.5, 0.6) is 0 Å².